The molecule has 0 fully saturated rings. The Labute approximate surface area is 148 Å². The molecule has 136 valence electrons. The first-order valence-electron chi connectivity index (χ1n) is 7.16. The van der Waals surface area contributed by atoms with E-state index >= 15 is 0 Å². The van der Waals surface area contributed by atoms with Crippen LogP contribution in [0.1, 0.15) is 12.5 Å². The summed E-state index contributed by atoms with van der Waals surface area (Å²) < 4.78 is 55.3. The fourth-order valence-corrected chi connectivity index (χ4v) is 2.65. The van der Waals surface area contributed by atoms with Crippen molar-refractivity contribution in [1.29, 1.82) is 5.26 Å². The molecule has 0 aliphatic heterocycles. The number of benzene rings is 2. The van der Waals surface area contributed by atoms with Crippen molar-refractivity contribution in [3.8, 4) is 11.8 Å². The number of rotatable bonds is 6. The predicted molar refractivity (Wildman–Crippen MR) is 86.1 cm³/mol. The average Bonchev–Trinajstić information content (AvgIpc) is 2.62. The van der Waals surface area contributed by atoms with Crippen molar-refractivity contribution in [2.75, 3.05) is 0 Å². The molecule has 0 unspecified atom stereocenters. The summed E-state index contributed by atoms with van der Waals surface area (Å²) in [5.41, 5.74) is 2.34. The number of hydrogen-bond acceptors (Lipinski definition) is 5. The molecule has 2 rings (SSSR count). The molecule has 10 heteroatoms. The summed E-state index contributed by atoms with van der Waals surface area (Å²) in [6.45, 7) is 1.37. The highest BCUT2D eigenvalue weighted by atomic mass is 32.2. The summed E-state index contributed by atoms with van der Waals surface area (Å²) in [6.07, 6.45) is -1.07. The number of ether oxygens (including phenoxy) is 1. The lowest BCUT2D eigenvalue weighted by Gasteiger charge is -2.15. The number of sulfonamides is 1. The lowest BCUT2D eigenvalue weighted by molar-refractivity contribution is -0.127. The van der Waals surface area contributed by atoms with Gasteiger partial charge in [0.25, 0.3) is 15.9 Å². The molecule has 0 spiro atoms. The summed E-state index contributed by atoms with van der Waals surface area (Å²) in [6, 6.07) is 9.86. The summed E-state index contributed by atoms with van der Waals surface area (Å²) in [5.74, 6) is -3.05. The maximum absolute atomic E-state index is 13.1. The second kappa shape index (κ2) is 7.90. The molecule has 2 N–H and O–H groups in total. The molecule has 1 atom stereocenters. The molecule has 0 aromatic heterocycles. The van der Waals surface area contributed by atoms with Gasteiger partial charge in [0.15, 0.2) is 17.7 Å². The predicted octanol–water partition coefficient (Wildman–Crippen LogP) is 1.61. The van der Waals surface area contributed by atoms with Crippen LogP contribution in [0.4, 0.5) is 8.78 Å². The molecular formula is C16H13F2N3O4S. The average molecular weight is 381 g/mol. The Hall–Kier alpha value is -3.03. The summed E-state index contributed by atoms with van der Waals surface area (Å²) in [7, 11) is -4.29. The third kappa shape index (κ3) is 4.75. The SMILES string of the molecule is C[C@H](Oc1ccc(C#N)cc1)C(=O)NNS(=O)(=O)c1ccc(F)c(F)c1. The van der Waals surface area contributed by atoms with Gasteiger partial charge in [-0.25, -0.2) is 17.2 Å². The number of halogens is 2. The Balaban J connectivity index is 1.97. The zero-order valence-electron chi connectivity index (χ0n) is 13.4. The van der Waals surface area contributed by atoms with E-state index in [9.17, 15) is 22.0 Å². The highest BCUT2D eigenvalue weighted by molar-refractivity contribution is 7.89. The summed E-state index contributed by atoms with van der Waals surface area (Å²) in [4.78, 5) is 13.1. The number of nitrogens with one attached hydrogen (secondary N) is 2. The molecule has 0 saturated heterocycles. The van der Waals surface area contributed by atoms with E-state index < -0.39 is 38.6 Å². The molecule has 0 saturated carbocycles. The van der Waals surface area contributed by atoms with Gasteiger partial charge in [0.05, 0.1) is 16.5 Å². The third-order valence-electron chi connectivity index (χ3n) is 3.18. The molecule has 0 aliphatic rings. The number of amides is 1. The number of carbonyl (C=O) groups excluding carboxylic acids is 1. The van der Waals surface area contributed by atoms with Crippen LogP contribution in [-0.2, 0) is 14.8 Å². The molecule has 0 aliphatic carbocycles. The minimum Gasteiger partial charge on any atom is -0.481 e. The van der Waals surface area contributed by atoms with E-state index in [4.69, 9.17) is 10.00 Å². The van der Waals surface area contributed by atoms with Crippen molar-refractivity contribution in [1.82, 2.24) is 10.3 Å². The zero-order valence-corrected chi connectivity index (χ0v) is 14.2. The van der Waals surface area contributed by atoms with Crippen LogP contribution < -0.4 is 15.0 Å². The van der Waals surface area contributed by atoms with Crippen molar-refractivity contribution in [2.24, 2.45) is 0 Å². The molecule has 2 aromatic carbocycles. The molecule has 0 bridgehead atoms. The number of hydrogen-bond donors (Lipinski definition) is 2. The standard InChI is InChI=1S/C16H13F2N3O4S/c1-10(25-12-4-2-11(9-19)3-5-12)16(22)20-21-26(23,24)13-6-7-14(17)15(18)8-13/h2-8,10,21H,1H3,(H,20,22)/t10-/m0/s1. The first kappa shape index (κ1) is 19.3. The van der Waals surface area contributed by atoms with Crippen LogP contribution in [0.15, 0.2) is 47.4 Å². The van der Waals surface area contributed by atoms with E-state index in [-0.39, 0.29) is 0 Å². The van der Waals surface area contributed by atoms with Gasteiger partial charge in [0.1, 0.15) is 5.75 Å². The van der Waals surface area contributed by atoms with Gasteiger partial charge < -0.3 is 4.74 Å². The maximum atomic E-state index is 13.1. The van der Waals surface area contributed by atoms with Gasteiger partial charge >= 0.3 is 0 Å². The first-order valence-corrected chi connectivity index (χ1v) is 8.65. The molecular weight excluding hydrogens is 368 g/mol. The molecule has 1 amide bonds. The second-order valence-corrected chi connectivity index (χ2v) is 6.75. The number of nitrogens with zero attached hydrogens (tertiary/aromatic N) is 1. The van der Waals surface area contributed by atoms with Crippen LogP contribution in [-0.4, -0.2) is 20.4 Å². The number of carbonyl (C=O) groups is 1. The molecule has 7 nitrogen and oxygen atoms in total. The molecule has 2 aromatic rings. The smallest absolute Gasteiger partial charge is 0.275 e. The Kier molecular flexibility index (Phi) is 5.86. The van der Waals surface area contributed by atoms with Crippen molar-refractivity contribution in [3.63, 3.8) is 0 Å². The van der Waals surface area contributed by atoms with Gasteiger partial charge in [-0.1, -0.05) is 0 Å². The van der Waals surface area contributed by atoms with E-state index in [0.29, 0.717) is 23.4 Å². The molecule has 26 heavy (non-hydrogen) atoms. The van der Waals surface area contributed by atoms with Gasteiger partial charge in [-0.05, 0) is 49.4 Å². The normalized spacial score (nSPS) is 12.1. The maximum Gasteiger partial charge on any atom is 0.275 e. The summed E-state index contributed by atoms with van der Waals surface area (Å²) >= 11 is 0. The second-order valence-electron chi connectivity index (χ2n) is 5.07. The van der Waals surface area contributed by atoms with E-state index in [1.165, 1.54) is 31.2 Å². The zero-order chi connectivity index (χ0) is 19.3. The van der Waals surface area contributed by atoms with Crippen LogP contribution in [0.2, 0.25) is 0 Å². The monoisotopic (exact) mass is 381 g/mol. The third-order valence-corrected chi connectivity index (χ3v) is 4.42. The fourth-order valence-electron chi connectivity index (χ4n) is 1.79. The van der Waals surface area contributed by atoms with Gasteiger partial charge in [-0.3, -0.25) is 10.2 Å². The largest absolute Gasteiger partial charge is 0.481 e. The highest BCUT2D eigenvalue weighted by Crippen LogP contribution is 2.14. The Bertz CT molecular complexity index is 956. The van der Waals surface area contributed by atoms with E-state index in [2.05, 4.69) is 0 Å². The minimum atomic E-state index is -4.29. The van der Waals surface area contributed by atoms with E-state index in [1.807, 2.05) is 11.5 Å². The van der Waals surface area contributed by atoms with Crippen molar-refractivity contribution < 1.29 is 26.7 Å². The van der Waals surface area contributed by atoms with Crippen LogP contribution in [0.3, 0.4) is 0 Å². The molecule has 0 radical (unpaired) electrons. The van der Waals surface area contributed by atoms with Crippen molar-refractivity contribution in [3.05, 3.63) is 59.7 Å². The highest BCUT2D eigenvalue weighted by Gasteiger charge is 2.20. The lowest BCUT2D eigenvalue weighted by atomic mass is 10.2. The minimum absolute atomic E-state index is 0.301. The van der Waals surface area contributed by atoms with Crippen LogP contribution in [0.25, 0.3) is 0 Å². The van der Waals surface area contributed by atoms with E-state index in [0.717, 1.165) is 6.07 Å². The first-order chi connectivity index (χ1) is 12.2. The van der Waals surface area contributed by atoms with Crippen LogP contribution in [0.5, 0.6) is 5.75 Å². The van der Waals surface area contributed by atoms with E-state index in [1.54, 1.807) is 4.83 Å². The van der Waals surface area contributed by atoms with Gasteiger partial charge in [-0.2, -0.15) is 5.26 Å². The van der Waals surface area contributed by atoms with Gasteiger partial charge in [0.2, 0.25) is 0 Å². The Morgan fingerprint density at radius 1 is 1.15 bits per heavy atom. The lowest BCUT2D eigenvalue weighted by Crippen LogP contribution is -2.47. The number of nitriles is 1. The quantitative estimate of drug-likeness (QED) is 0.739. The Morgan fingerprint density at radius 3 is 2.38 bits per heavy atom. The van der Waals surface area contributed by atoms with Crippen LogP contribution >= 0.6 is 0 Å². The Morgan fingerprint density at radius 2 is 1.81 bits per heavy atom. The van der Waals surface area contributed by atoms with Crippen LogP contribution in [0, 0.1) is 23.0 Å². The molecule has 0 heterocycles. The summed E-state index contributed by atoms with van der Waals surface area (Å²) in [5, 5.41) is 8.71. The van der Waals surface area contributed by atoms with Crippen molar-refractivity contribution in [2.45, 2.75) is 17.9 Å². The topological polar surface area (TPSA) is 108 Å². The van der Waals surface area contributed by atoms with Gasteiger partial charge in [0, 0.05) is 0 Å². The fraction of sp³-hybridized carbons (Fsp3) is 0.125. The number of hydrazine groups is 1. The van der Waals surface area contributed by atoms with Gasteiger partial charge in [-0.15, -0.1) is 4.83 Å². The van der Waals surface area contributed by atoms with Crippen molar-refractivity contribution >= 4 is 15.9 Å².